The topological polar surface area (TPSA) is 88.1 Å². The minimum absolute atomic E-state index is 0.0116. The van der Waals surface area contributed by atoms with Crippen LogP contribution in [0.3, 0.4) is 0 Å². The van der Waals surface area contributed by atoms with E-state index in [4.69, 9.17) is 4.74 Å². The van der Waals surface area contributed by atoms with E-state index in [2.05, 4.69) is 10.3 Å². The quantitative estimate of drug-likeness (QED) is 0.678. The second-order valence-corrected chi connectivity index (χ2v) is 11.0. The van der Waals surface area contributed by atoms with Gasteiger partial charge in [-0.15, -0.1) is 0 Å². The van der Waals surface area contributed by atoms with Crippen LogP contribution in [0, 0.1) is 0 Å². The standard InChI is InChI=1S/C21H20F3N3O4S2/c1-31-16-7-3-6-15(9-16)27(20-26-17-11-33(29,30)12-18(17)32-20)10-19(28)25-14-5-2-4-13(8-14)21(22,23)24/h2-9,17-18H,10-12H2,1H3,(H,25,28)/t17-,18-/m1/s1. The lowest BCUT2D eigenvalue weighted by molar-refractivity contribution is -0.137. The molecule has 0 bridgehead atoms. The summed E-state index contributed by atoms with van der Waals surface area (Å²) in [5.41, 5.74) is -0.262. The minimum Gasteiger partial charge on any atom is -0.497 e. The Morgan fingerprint density at radius 1 is 1.21 bits per heavy atom. The van der Waals surface area contributed by atoms with E-state index in [1.165, 1.54) is 31.0 Å². The molecule has 1 fully saturated rings. The maximum atomic E-state index is 13.0. The van der Waals surface area contributed by atoms with Crippen LogP contribution in [0.4, 0.5) is 24.5 Å². The van der Waals surface area contributed by atoms with Crippen molar-refractivity contribution in [2.45, 2.75) is 17.5 Å². The highest BCUT2D eigenvalue weighted by molar-refractivity contribution is 8.15. The highest BCUT2D eigenvalue weighted by Gasteiger charge is 2.44. The molecule has 0 aliphatic carbocycles. The van der Waals surface area contributed by atoms with Crippen molar-refractivity contribution in [2.24, 2.45) is 4.99 Å². The van der Waals surface area contributed by atoms with E-state index in [-0.39, 0.29) is 29.0 Å². The summed E-state index contributed by atoms with van der Waals surface area (Å²) in [5.74, 6) is -0.0406. The van der Waals surface area contributed by atoms with Crippen LogP contribution in [0.5, 0.6) is 5.75 Å². The van der Waals surface area contributed by atoms with Crippen molar-refractivity contribution in [1.29, 1.82) is 0 Å². The van der Waals surface area contributed by atoms with Crippen LogP contribution in [0.2, 0.25) is 0 Å². The number of ether oxygens (including phenoxy) is 1. The summed E-state index contributed by atoms with van der Waals surface area (Å²) in [6, 6.07) is 10.9. The number of sulfone groups is 1. The Kier molecular flexibility index (Phi) is 6.32. The highest BCUT2D eigenvalue weighted by atomic mass is 32.2. The maximum absolute atomic E-state index is 13.0. The molecule has 2 aliphatic heterocycles. The predicted molar refractivity (Wildman–Crippen MR) is 122 cm³/mol. The molecule has 0 saturated carbocycles. The molecule has 4 rings (SSSR count). The van der Waals surface area contributed by atoms with Crippen LogP contribution >= 0.6 is 11.8 Å². The number of nitrogens with zero attached hydrogens (tertiary/aromatic N) is 2. The Bertz CT molecular complexity index is 1200. The molecule has 2 aromatic rings. The minimum atomic E-state index is -4.53. The van der Waals surface area contributed by atoms with E-state index < -0.39 is 33.5 Å². The van der Waals surface area contributed by atoms with Crippen LogP contribution in [0.25, 0.3) is 0 Å². The number of hydrogen-bond donors (Lipinski definition) is 1. The SMILES string of the molecule is COc1cccc(N(CC(=O)Nc2cccc(C(F)(F)F)c2)C2=N[C@@H]3CS(=O)(=O)C[C@H]3S2)c1. The number of carbonyl (C=O) groups is 1. The molecule has 1 saturated heterocycles. The van der Waals surface area contributed by atoms with Crippen LogP contribution in [-0.4, -0.2) is 55.9 Å². The number of fused-ring (bicyclic) bond motifs is 1. The summed E-state index contributed by atoms with van der Waals surface area (Å²) in [6.45, 7) is -0.235. The van der Waals surface area contributed by atoms with Crippen LogP contribution in [0.15, 0.2) is 53.5 Å². The molecule has 176 valence electrons. The molecule has 7 nitrogen and oxygen atoms in total. The fraction of sp³-hybridized carbons (Fsp3) is 0.333. The van der Waals surface area contributed by atoms with Gasteiger partial charge < -0.3 is 15.0 Å². The zero-order valence-electron chi connectivity index (χ0n) is 17.4. The first kappa shape index (κ1) is 23.4. The first-order valence-electron chi connectivity index (χ1n) is 9.88. The number of alkyl halides is 3. The van der Waals surface area contributed by atoms with Gasteiger partial charge in [-0.2, -0.15) is 13.2 Å². The smallest absolute Gasteiger partial charge is 0.416 e. The van der Waals surface area contributed by atoms with Crippen molar-refractivity contribution < 1.29 is 31.1 Å². The number of rotatable bonds is 5. The Morgan fingerprint density at radius 3 is 2.67 bits per heavy atom. The van der Waals surface area contributed by atoms with Crippen molar-refractivity contribution in [3.05, 3.63) is 54.1 Å². The van der Waals surface area contributed by atoms with Gasteiger partial charge in [0, 0.05) is 22.7 Å². The van der Waals surface area contributed by atoms with Crippen molar-refractivity contribution >= 4 is 44.0 Å². The third-order valence-electron chi connectivity index (χ3n) is 5.18. The summed E-state index contributed by atoms with van der Waals surface area (Å²) in [5, 5.41) is 2.75. The van der Waals surface area contributed by atoms with E-state index in [0.29, 0.717) is 16.6 Å². The first-order valence-corrected chi connectivity index (χ1v) is 12.6. The molecule has 1 N–H and O–H groups in total. The molecule has 12 heteroatoms. The van der Waals surface area contributed by atoms with Crippen molar-refractivity contribution in [3.8, 4) is 5.75 Å². The molecule has 0 spiro atoms. The third-order valence-corrected chi connectivity index (χ3v) is 8.42. The van der Waals surface area contributed by atoms with Crippen molar-refractivity contribution in [1.82, 2.24) is 0 Å². The normalized spacial score (nSPS) is 21.3. The van der Waals surface area contributed by atoms with Crippen LogP contribution in [0.1, 0.15) is 5.56 Å². The Balaban J connectivity index is 1.57. The Labute approximate surface area is 192 Å². The molecule has 2 aromatic carbocycles. The van der Waals surface area contributed by atoms with Gasteiger partial charge in [0.2, 0.25) is 5.91 Å². The van der Waals surface area contributed by atoms with Gasteiger partial charge >= 0.3 is 6.18 Å². The average Bonchev–Trinajstić information content (AvgIpc) is 3.25. The summed E-state index contributed by atoms with van der Waals surface area (Å²) < 4.78 is 68.0. The second kappa shape index (κ2) is 8.90. The maximum Gasteiger partial charge on any atom is 0.416 e. The van der Waals surface area contributed by atoms with Gasteiger partial charge in [-0.1, -0.05) is 23.9 Å². The molecule has 0 radical (unpaired) electrons. The number of anilines is 2. The summed E-state index contributed by atoms with van der Waals surface area (Å²) in [4.78, 5) is 18.9. The molecule has 2 atom stereocenters. The van der Waals surface area contributed by atoms with Gasteiger partial charge in [0.1, 0.15) is 12.3 Å². The van der Waals surface area contributed by atoms with Gasteiger partial charge in [0.05, 0.1) is 30.2 Å². The lowest BCUT2D eigenvalue weighted by Gasteiger charge is -2.24. The number of benzene rings is 2. The highest BCUT2D eigenvalue weighted by Crippen LogP contribution is 2.37. The summed E-state index contributed by atoms with van der Waals surface area (Å²) in [6.07, 6.45) is -4.53. The van der Waals surface area contributed by atoms with Gasteiger partial charge in [0.25, 0.3) is 0 Å². The number of halogens is 3. The number of methoxy groups -OCH3 is 1. The molecular weight excluding hydrogens is 479 g/mol. The summed E-state index contributed by atoms with van der Waals surface area (Å²) in [7, 11) is -1.65. The molecule has 0 unspecified atom stereocenters. The van der Waals surface area contributed by atoms with Crippen molar-refractivity contribution in [3.63, 3.8) is 0 Å². The largest absolute Gasteiger partial charge is 0.497 e. The lowest BCUT2D eigenvalue weighted by atomic mass is 10.2. The van der Waals surface area contributed by atoms with E-state index in [1.54, 1.807) is 29.2 Å². The predicted octanol–water partition coefficient (Wildman–Crippen LogP) is 3.43. The van der Waals surface area contributed by atoms with Crippen molar-refractivity contribution in [2.75, 3.05) is 35.4 Å². The van der Waals surface area contributed by atoms with E-state index >= 15 is 0 Å². The van der Waals surface area contributed by atoms with Crippen LogP contribution in [-0.2, 0) is 20.8 Å². The fourth-order valence-corrected chi connectivity index (χ4v) is 7.42. The Hall–Kier alpha value is -2.73. The number of amides is 1. The fourth-order valence-electron chi connectivity index (χ4n) is 3.64. The van der Waals surface area contributed by atoms with Gasteiger partial charge in [-0.3, -0.25) is 9.79 Å². The van der Waals surface area contributed by atoms with Gasteiger partial charge in [-0.05, 0) is 30.3 Å². The number of hydrogen-bond acceptors (Lipinski definition) is 7. The third kappa shape index (κ3) is 5.44. The van der Waals surface area contributed by atoms with E-state index in [1.807, 2.05) is 0 Å². The number of carbonyl (C=O) groups excluding carboxylic acids is 1. The van der Waals surface area contributed by atoms with Crippen LogP contribution < -0.4 is 15.0 Å². The number of thioether (sulfide) groups is 1. The number of nitrogens with one attached hydrogen (secondary N) is 1. The monoisotopic (exact) mass is 499 g/mol. The average molecular weight is 500 g/mol. The number of aliphatic imine (C=N–C) groups is 1. The molecular formula is C21H20F3N3O4S2. The van der Waals surface area contributed by atoms with E-state index in [9.17, 15) is 26.4 Å². The van der Waals surface area contributed by atoms with E-state index in [0.717, 1.165) is 12.1 Å². The second-order valence-electron chi connectivity index (χ2n) is 7.63. The first-order chi connectivity index (χ1) is 15.5. The molecule has 0 aromatic heterocycles. The molecule has 2 heterocycles. The van der Waals surface area contributed by atoms with Gasteiger partial charge in [-0.25, -0.2) is 8.42 Å². The van der Waals surface area contributed by atoms with Gasteiger partial charge in [0.15, 0.2) is 15.0 Å². The molecule has 1 amide bonds. The zero-order valence-corrected chi connectivity index (χ0v) is 19.0. The Morgan fingerprint density at radius 2 is 1.97 bits per heavy atom. The molecule has 33 heavy (non-hydrogen) atoms. The zero-order chi connectivity index (χ0) is 23.8. The summed E-state index contributed by atoms with van der Waals surface area (Å²) >= 11 is 1.28. The lowest BCUT2D eigenvalue weighted by Crippen LogP contribution is -2.36. The number of amidine groups is 1. The molecule has 2 aliphatic rings.